The van der Waals surface area contributed by atoms with Crippen LogP contribution in [0.3, 0.4) is 0 Å². The summed E-state index contributed by atoms with van der Waals surface area (Å²) in [6, 6.07) is 10.3. The van der Waals surface area contributed by atoms with E-state index in [4.69, 9.17) is 9.47 Å². The van der Waals surface area contributed by atoms with Crippen molar-refractivity contribution >= 4 is 17.5 Å². The zero-order valence-electron chi connectivity index (χ0n) is 14.5. The highest BCUT2D eigenvalue weighted by molar-refractivity contribution is 5.99. The summed E-state index contributed by atoms with van der Waals surface area (Å²) in [5.74, 6) is 0.0904. The molecule has 0 bridgehead atoms. The van der Waals surface area contributed by atoms with E-state index < -0.39 is 5.82 Å². The van der Waals surface area contributed by atoms with Gasteiger partial charge in [0, 0.05) is 24.2 Å². The molecule has 0 aromatic heterocycles. The van der Waals surface area contributed by atoms with Crippen molar-refractivity contribution in [2.75, 3.05) is 25.7 Å². The number of nitrogens with one attached hydrogen (secondary N) is 1. The number of hydrogen-bond acceptors (Lipinski definition) is 4. The average Bonchev–Trinajstić information content (AvgIpc) is 3.01. The van der Waals surface area contributed by atoms with Crippen molar-refractivity contribution in [3.8, 4) is 11.5 Å². The molecule has 26 heavy (non-hydrogen) atoms. The van der Waals surface area contributed by atoms with Crippen LogP contribution in [0.15, 0.2) is 42.5 Å². The molecular weight excluding hydrogens is 339 g/mol. The summed E-state index contributed by atoms with van der Waals surface area (Å²) in [7, 11) is 3.01. The van der Waals surface area contributed by atoms with E-state index in [0.29, 0.717) is 29.3 Å². The first-order chi connectivity index (χ1) is 12.5. The van der Waals surface area contributed by atoms with Crippen molar-refractivity contribution < 1.29 is 23.5 Å². The Balaban J connectivity index is 1.70. The summed E-state index contributed by atoms with van der Waals surface area (Å²) in [6.07, 6.45) is 0.162. The molecule has 1 aliphatic heterocycles. The summed E-state index contributed by atoms with van der Waals surface area (Å²) < 4.78 is 23.7. The molecule has 0 spiro atoms. The molecule has 7 heteroatoms. The second kappa shape index (κ2) is 7.43. The summed E-state index contributed by atoms with van der Waals surface area (Å²) in [6.45, 7) is 0.293. The molecule has 1 atom stereocenters. The van der Waals surface area contributed by atoms with Gasteiger partial charge in [0.05, 0.1) is 20.3 Å². The summed E-state index contributed by atoms with van der Waals surface area (Å²) in [4.78, 5) is 26.2. The average molecular weight is 358 g/mol. The molecule has 0 aliphatic carbocycles. The van der Waals surface area contributed by atoms with Crippen molar-refractivity contribution in [3.63, 3.8) is 0 Å². The number of halogens is 1. The number of carbonyl (C=O) groups excluding carboxylic acids is 2. The van der Waals surface area contributed by atoms with Gasteiger partial charge >= 0.3 is 0 Å². The van der Waals surface area contributed by atoms with Gasteiger partial charge < -0.3 is 19.7 Å². The molecule has 1 fully saturated rings. The van der Waals surface area contributed by atoms with E-state index in [1.54, 1.807) is 30.3 Å². The predicted molar refractivity (Wildman–Crippen MR) is 94.2 cm³/mol. The van der Waals surface area contributed by atoms with Crippen LogP contribution in [0.4, 0.5) is 10.1 Å². The minimum atomic E-state index is -0.409. The minimum Gasteiger partial charge on any atom is -0.493 e. The first kappa shape index (κ1) is 17.7. The van der Waals surface area contributed by atoms with E-state index in [2.05, 4.69) is 5.32 Å². The molecule has 2 aromatic rings. The van der Waals surface area contributed by atoms with Crippen LogP contribution >= 0.6 is 0 Å². The van der Waals surface area contributed by atoms with E-state index in [1.807, 2.05) is 0 Å². The Kier molecular flexibility index (Phi) is 5.06. The van der Waals surface area contributed by atoms with Crippen LogP contribution in [0.25, 0.3) is 0 Å². The van der Waals surface area contributed by atoms with E-state index in [-0.39, 0.29) is 24.3 Å². The monoisotopic (exact) mass is 358 g/mol. The highest BCUT2D eigenvalue weighted by atomic mass is 19.1. The normalized spacial score (nSPS) is 16.5. The zero-order chi connectivity index (χ0) is 18.7. The fourth-order valence-corrected chi connectivity index (χ4v) is 2.94. The van der Waals surface area contributed by atoms with Gasteiger partial charge in [-0.2, -0.15) is 0 Å². The number of nitrogens with zero attached hydrogens (tertiary/aromatic N) is 1. The number of ether oxygens (including phenoxy) is 2. The lowest BCUT2D eigenvalue weighted by atomic mass is 10.1. The fourth-order valence-electron chi connectivity index (χ4n) is 2.94. The molecule has 6 nitrogen and oxygen atoms in total. The van der Waals surface area contributed by atoms with Gasteiger partial charge in [0.1, 0.15) is 5.82 Å². The molecule has 1 aliphatic rings. The van der Waals surface area contributed by atoms with Gasteiger partial charge in [-0.25, -0.2) is 4.39 Å². The first-order valence-corrected chi connectivity index (χ1v) is 8.10. The second-order valence-electron chi connectivity index (χ2n) is 5.93. The summed E-state index contributed by atoms with van der Waals surface area (Å²) in [5.41, 5.74) is 0.886. The Morgan fingerprint density at radius 3 is 2.62 bits per heavy atom. The molecule has 2 amide bonds. The maximum absolute atomic E-state index is 13.4. The Labute approximate surface area is 150 Å². The number of benzene rings is 2. The maximum Gasteiger partial charge on any atom is 0.251 e. The topological polar surface area (TPSA) is 67.9 Å². The third kappa shape index (κ3) is 3.61. The standard InChI is InChI=1S/C19H19FN2O4/c1-25-16-7-6-12(8-17(16)26-2)19(24)21-14-10-18(23)22(11-14)15-5-3-4-13(20)9-15/h3-9,14H,10-11H2,1-2H3,(H,21,24)/t14-/m0/s1. The van der Waals surface area contributed by atoms with Crippen molar-refractivity contribution in [3.05, 3.63) is 53.8 Å². The Morgan fingerprint density at radius 2 is 1.92 bits per heavy atom. The quantitative estimate of drug-likeness (QED) is 0.891. The van der Waals surface area contributed by atoms with Crippen molar-refractivity contribution in [2.24, 2.45) is 0 Å². The van der Waals surface area contributed by atoms with Crippen LogP contribution in [-0.4, -0.2) is 38.6 Å². The molecule has 1 heterocycles. The summed E-state index contributed by atoms with van der Waals surface area (Å²) in [5, 5.41) is 2.84. The number of anilines is 1. The zero-order valence-corrected chi connectivity index (χ0v) is 14.5. The van der Waals surface area contributed by atoms with Crippen LogP contribution in [0.1, 0.15) is 16.8 Å². The van der Waals surface area contributed by atoms with Crippen molar-refractivity contribution in [1.82, 2.24) is 5.32 Å². The van der Waals surface area contributed by atoms with E-state index in [0.717, 1.165) is 0 Å². The van der Waals surface area contributed by atoms with E-state index in [1.165, 1.54) is 31.3 Å². The van der Waals surface area contributed by atoms with Gasteiger partial charge in [-0.1, -0.05) is 6.07 Å². The largest absolute Gasteiger partial charge is 0.493 e. The Bertz CT molecular complexity index is 840. The fraction of sp³-hybridized carbons (Fsp3) is 0.263. The smallest absolute Gasteiger partial charge is 0.251 e. The van der Waals surface area contributed by atoms with Crippen LogP contribution in [0.2, 0.25) is 0 Å². The molecule has 3 rings (SSSR count). The Morgan fingerprint density at radius 1 is 1.15 bits per heavy atom. The summed E-state index contributed by atoms with van der Waals surface area (Å²) >= 11 is 0. The highest BCUT2D eigenvalue weighted by Gasteiger charge is 2.32. The van der Waals surface area contributed by atoms with Crippen molar-refractivity contribution in [1.29, 1.82) is 0 Å². The molecule has 136 valence electrons. The molecular formula is C19H19FN2O4. The maximum atomic E-state index is 13.4. The minimum absolute atomic E-state index is 0.159. The molecule has 1 saturated heterocycles. The molecule has 2 aromatic carbocycles. The highest BCUT2D eigenvalue weighted by Crippen LogP contribution is 2.28. The molecule has 1 N–H and O–H groups in total. The van der Waals surface area contributed by atoms with Crippen LogP contribution < -0.4 is 19.7 Å². The number of carbonyl (C=O) groups is 2. The van der Waals surface area contributed by atoms with Gasteiger partial charge in [0.2, 0.25) is 5.91 Å². The molecule has 0 radical (unpaired) electrons. The third-order valence-electron chi connectivity index (χ3n) is 4.23. The number of methoxy groups -OCH3 is 2. The predicted octanol–water partition coefficient (Wildman–Crippen LogP) is 2.38. The Hall–Kier alpha value is -3.09. The number of amides is 2. The number of hydrogen-bond donors (Lipinski definition) is 1. The third-order valence-corrected chi connectivity index (χ3v) is 4.23. The molecule has 0 saturated carbocycles. The van der Waals surface area contributed by atoms with Crippen molar-refractivity contribution in [2.45, 2.75) is 12.5 Å². The second-order valence-corrected chi connectivity index (χ2v) is 5.93. The van der Waals surface area contributed by atoms with Gasteiger partial charge in [-0.3, -0.25) is 9.59 Å². The van der Waals surface area contributed by atoms with Gasteiger partial charge in [0.15, 0.2) is 11.5 Å². The first-order valence-electron chi connectivity index (χ1n) is 8.10. The lowest BCUT2D eigenvalue weighted by Gasteiger charge is -2.17. The van der Waals surface area contributed by atoms with E-state index in [9.17, 15) is 14.0 Å². The van der Waals surface area contributed by atoms with Gasteiger partial charge in [-0.15, -0.1) is 0 Å². The van der Waals surface area contributed by atoms with E-state index >= 15 is 0 Å². The van der Waals surface area contributed by atoms with Gasteiger partial charge in [0.25, 0.3) is 5.91 Å². The van der Waals surface area contributed by atoms with Gasteiger partial charge in [-0.05, 0) is 36.4 Å². The number of rotatable bonds is 5. The van der Waals surface area contributed by atoms with Crippen LogP contribution in [0, 0.1) is 5.82 Å². The lowest BCUT2D eigenvalue weighted by Crippen LogP contribution is -2.37. The van der Waals surface area contributed by atoms with Crippen LogP contribution in [0.5, 0.6) is 11.5 Å². The van der Waals surface area contributed by atoms with Crippen LogP contribution in [-0.2, 0) is 4.79 Å². The molecule has 0 unspecified atom stereocenters. The SMILES string of the molecule is COc1ccc(C(=O)N[C@H]2CC(=O)N(c3cccc(F)c3)C2)cc1OC. The lowest BCUT2D eigenvalue weighted by molar-refractivity contribution is -0.117.